The molecule has 0 aliphatic carbocycles. The maximum absolute atomic E-state index is 12.8. The summed E-state index contributed by atoms with van der Waals surface area (Å²) >= 11 is 0. The number of benzene rings is 1. The number of rotatable bonds is 3. The van der Waals surface area contributed by atoms with Crippen molar-refractivity contribution in [3.8, 4) is 0 Å². The van der Waals surface area contributed by atoms with Crippen molar-refractivity contribution >= 4 is 11.0 Å². The van der Waals surface area contributed by atoms with E-state index >= 15 is 0 Å². The highest BCUT2D eigenvalue weighted by Crippen LogP contribution is 2.46. The summed E-state index contributed by atoms with van der Waals surface area (Å²) < 4.78 is 81.9. The van der Waals surface area contributed by atoms with Gasteiger partial charge in [-0.15, -0.1) is 0 Å². The predicted octanol–water partition coefficient (Wildman–Crippen LogP) is 4.43. The lowest BCUT2D eigenvalue weighted by Crippen LogP contribution is -2.44. The van der Waals surface area contributed by atoms with Crippen LogP contribution in [0.2, 0.25) is 0 Å². The minimum Gasteiger partial charge on any atom is -0.459 e. The molecule has 1 aromatic carbocycles. The molecule has 1 atom stereocenters. The molecule has 1 unspecified atom stereocenters. The number of halogens is 6. The zero-order valence-corrected chi connectivity index (χ0v) is 10.7. The Hall–Kier alpha value is -1.70. The van der Waals surface area contributed by atoms with E-state index in [1.165, 1.54) is 12.1 Å². The minimum absolute atomic E-state index is 0.232. The number of hydrogen-bond donors (Lipinski definition) is 1. The Morgan fingerprint density at radius 3 is 2.05 bits per heavy atom. The minimum atomic E-state index is -5.44. The largest absolute Gasteiger partial charge is 0.459 e. The van der Waals surface area contributed by atoms with Gasteiger partial charge in [-0.05, 0) is 19.2 Å². The third-order valence-corrected chi connectivity index (χ3v) is 3.10. The monoisotopic (exact) mass is 311 g/mol. The number of para-hydroxylation sites is 1. The number of nitrogens with one attached hydrogen (secondary N) is 1. The highest BCUT2D eigenvalue weighted by Gasteiger charge is 2.61. The van der Waals surface area contributed by atoms with Gasteiger partial charge < -0.3 is 9.73 Å². The highest BCUT2D eigenvalue weighted by molar-refractivity contribution is 5.77. The van der Waals surface area contributed by atoms with E-state index < -0.39 is 30.1 Å². The number of alkyl halides is 6. The molecule has 21 heavy (non-hydrogen) atoms. The average molecular weight is 311 g/mol. The van der Waals surface area contributed by atoms with E-state index in [0.717, 1.165) is 7.05 Å². The summed E-state index contributed by atoms with van der Waals surface area (Å²) in [4.78, 5) is 0. The normalized spacial score (nSPS) is 14.9. The van der Waals surface area contributed by atoms with Crippen molar-refractivity contribution in [2.45, 2.75) is 18.4 Å². The van der Waals surface area contributed by atoms with Crippen LogP contribution in [0.4, 0.5) is 26.3 Å². The van der Waals surface area contributed by atoms with E-state index in [9.17, 15) is 26.3 Å². The summed E-state index contributed by atoms with van der Waals surface area (Å²) in [6.45, 7) is 0. The molecule has 1 aromatic heterocycles. The Morgan fingerprint density at radius 1 is 1.00 bits per heavy atom. The van der Waals surface area contributed by atoms with Gasteiger partial charge in [-0.3, -0.25) is 0 Å². The Morgan fingerprint density at radius 2 is 1.57 bits per heavy atom. The first-order valence-corrected chi connectivity index (χ1v) is 5.93. The Labute approximate surface area is 115 Å². The molecule has 2 aromatic rings. The van der Waals surface area contributed by atoms with Crippen molar-refractivity contribution in [2.75, 3.05) is 7.05 Å². The van der Waals surface area contributed by atoms with E-state index in [0.29, 0.717) is 5.39 Å². The second-order valence-electron chi connectivity index (χ2n) is 4.51. The standard InChI is InChI=1S/C13H11F6NO/c1-20-10(11(12(14,15)16)13(17,18)19)9-6-7-4-2-3-5-8(7)21-9/h2-6,10-11,20H,1H3. The number of furan rings is 1. The van der Waals surface area contributed by atoms with E-state index in [1.54, 1.807) is 18.2 Å². The van der Waals surface area contributed by atoms with Crippen LogP contribution in [0, 0.1) is 5.92 Å². The average Bonchev–Trinajstić information content (AvgIpc) is 2.75. The molecule has 2 nitrogen and oxygen atoms in total. The van der Waals surface area contributed by atoms with Crippen LogP contribution in [0.3, 0.4) is 0 Å². The van der Waals surface area contributed by atoms with Gasteiger partial charge in [0.05, 0.1) is 6.04 Å². The summed E-state index contributed by atoms with van der Waals surface area (Å²) in [5.74, 6) is -3.95. The Bertz CT molecular complexity index is 568. The third kappa shape index (κ3) is 3.15. The van der Waals surface area contributed by atoms with Crippen molar-refractivity contribution in [1.29, 1.82) is 0 Å². The van der Waals surface area contributed by atoms with Crippen LogP contribution in [0.5, 0.6) is 0 Å². The molecule has 0 fully saturated rings. The Balaban J connectivity index is 2.50. The fourth-order valence-corrected chi connectivity index (χ4v) is 2.19. The van der Waals surface area contributed by atoms with Crippen LogP contribution in [0.15, 0.2) is 34.7 Å². The molecule has 0 spiro atoms. The quantitative estimate of drug-likeness (QED) is 0.848. The summed E-state index contributed by atoms with van der Waals surface area (Å²) in [6, 6.07) is 5.35. The second kappa shape index (κ2) is 5.25. The van der Waals surface area contributed by atoms with E-state index in [4.69, 9.17) is 4.42 Å². The van der Waals surface area contributed by atoms with Gasteiger partial charge in [-0.1, -0.05) is 18.2 Å². The fourth-order valence-electron chi connectivity index (χ4n) is 2.19. The zero-order valence-electron chi connectivity index (χ0n) is 10.7. The zero-order chi connectivity index (χ0) is 15.8. The van der Waals surface area contributed by atoms with Gasteiger partial charge in [0.2, 0.25) is 0 Å². The van der Waals surface area contributed by atoms with Gasteiger partial charge in [0.15, 0.2) is 5.92 Å². The van der Waals surface area contributed by atoms with Gasteiger partial charge in [0.25, 0.3) is 0 Å². The molecule has 1 N–H and O–H groups in total. The van der Waals surface area contributed by atoms with Crippen molar-refractivity contribution in [1.82, 2.24) is 5.32 Å². The van der Waals surface area contributed by atoms with Crippen LogP contribution >= 0.6 is 0 Å². The van der Waals surface area contributed by atoms with E-state index in [1.807, 2.05) is 0 Å². The fraction of sp³-hybridized carbons (Fsp3) is 0.385. The van der Waals surface area contributed by atoms with Crippen LogP contribution in [-0.4, -0.2) is 19.4 Å². The smallest absolute Gasteiger partial charge is 0.402 e. The molecular weight excluding hydrogens is 300 g/mol. The van der Waals surface area contributed by atoms with Crippen molar-refractivity contribution in [3.05, 3.63) is 36.1 Å². The lowest BCUT2D eigenvalue weighted by atomic mass is 9.96. The van der Waals surface area contributed by atoms with Gasteiger partial charge in [0, 0.05) is 5.39 Å². The summed E-state index contributed by atoms with van der Waals surface area (Å²) in [5, 5.41) is 2.50. The third-order valence-electron chi connectivity index (χ3n) is 3.10. The maximum Gasteiger partial charge on any atom is 0.402 e. The summed E-state index contributed by atoms with van der Waals surface area (Å²) in [6.07, 6.45) is -10.9. The van der Waals surface area contributed by atoms with Gasteiger partial charge >= 0.3 is 12.4 Å². The number of hydrogen-bond acceptors (Lipinski definition) is 2. The molecule has 0 saturated carbocycles. The molecule has 1 heterocycles. The molecule has 0 radical (unpaired) electrons. The van der Waals surface area contributed by atoms with Crippen LogP contribution < -0.4 is 5.32 Å². The van der Waals surface area contributed by atoms with Crippen LogP contribution in [-0.2, 0) is 0 Å². The summed E-state index contributed by atoms with van der Waals surface area (Å²) in [5.41, 5.74) is 0.232. The van der Waals surface area contributed by atoms with E-state index in [2.05, 4.69) is 5.32 Å². The molecule has 0 bridgehead atoms. The first-order valence-electron chi connectivity index (χ1n) is 5.93. The molecule has 116 valence electrons. The second-order valence-corrected chi connectivity index (χ2v) is 4.51. The topological polar surface area (TPSA) is 25.2 Å². The number of fused-ring (bicyclic) bond motifs is 1. The van der Waals surface area contributed by atoms with Gasteiger partial charge in [0.1, 0.15) is 11.3 Å². The van der Waals surface area contributed by atoms with Crippen molar-refractivity contribution in [3.63, 3.8) is 0 Å². The van der Waals surface area contributed by atoms with Crippen molar-refractivity contribution < 1.29 is 30.8 Å². The highest BCUT2D eigenvalue weighted by atomic mass is 19.4. The molecule has 0 aliphatic rings. The predicted molar refractivity (Wildman–Crippen MR) is 63.6 cm³/mol. The first-order chi connectivity index (χ1) is 9.64. The van der Waals surface area contributed by atoms with Gasteiger partial charge in [-0.2, -0.15) is 26.3 Å². The van der Waals surface area contributed by atoms with Crippen molar-refractivity contribution in [2.24, 2.45) is 5.92 Å². The molecule has 0 amide bonds. The van der Waals surface area contributed by atoms with E-state index in [-0.39, 0.29) is 5.58 Å². The first kappa shape index (κ1) is 15.7. The molecule has 0 saturated heterocycles. The van der Waals surface area contributed by atoms with Crippen LogP contribution in [0.25, 0.3) is 11.0 Å². The van der Waals surface area contributed by atoms with Crippen LogP contribution in [0.1, 0.15) is 11.8 Å². The summed E-state index contributed by atoms with van der Waals surface area (Å²) in [7, 11) is 1.03. The lowest BCUT2D eigenvalue weighted by Gasteiger charge is -2.29. The molecule has 2 rings (SSSR count). The molecule has 0 aliphatic heterocycles. The molecular formula is C13H11F6NO. The SMILES string of the molecule is CNC(c1cc2ccccc2o1)C(C(F)(F)F)C(F)(F)F. The maximum atomic E-state index is 12.8. The molecule has 8 heteroatoms. The Kier molecular flexibility index (Phi) is 3.92. The lowest BCUT2D eigenvalue weighted by molar-refractivity contribution is -0.293. The van der Waals surface area contributed by atoms with Gasteiger partial charge in [-0.25, -0.2) is 0 Å².